The molecule has 0 saturated carbocycles. The minimum absolute atomic E-state index is 0.111. The van der Waals surface area contributed by atoms with Gasteiger partial charge in [0.25, 0.3) is 5.91 Å². The summed E-state index contributed by atoms with van der Waals surface area (Å²) in [5, 5.41) is 4.16. The molecule has 1 atom stereocenters. The van der Waals surface area contributed by atoms with Crippen molar-refractivity contribution in [2.45, 2.75) is 18.9 Å². The third-order valence-corrected chi connectivity index (χ3v) is 3.95. The molecule has 0 spiro atoms. The van der Waals surface area contributed by atoms with Crippen molar-refractivity contribution in [3.63, 3.8) is 0 Å². The first-order valence-corrected chi connectivity index (χ1v) is 6.72. The Bertz CT molecular complexity index is 662. The Morgan fingerprint density at radius 2 is 2.20 bits per heavy atom. The van der Waals surface area contributed by atoms with E-state index in [1.165, 1.54) is 11.1 Å². The lowest BCUT2D eigenvalue weighted by Crippen LogP contribution is -2.31. The molecule has 104 valence electrons. The minimum Gasteiger partial charge on any atom is -0.396 e. The summed E-state index contributed by atoms with van der Waals surface area (Å²) in [4.78, 5) is 14.3. The number of aromatic nitrogens is 2. The molecule has 0 radical (unpaired) electrons. The summed E-state index contributed by atoms with van der Waals surface area (Å²) in [6.07, 6.45) is 3.62. The summed E-state index contributed by atoms with van der Waals surface area (Å²) in [5.41, 5.74) is 9.16. The van der Waals surface area contributed by atoms with Gasteiger partial charge in [-0.15, -0.1) is 0 Å². The van der Waals surface area contributed by atoms with E-state index < -0.39 is 0 Å². The molecule has 0 aliphatic heterocycles. The third kappa shape index (κ3) is 1.95. The van der Waals surface area contributed by atoms with Gasteiger partial charge in [-0.3, -0.25) is 9.48 Å². The van der Waals surface area contributed by atoms with Gasteiger partial charge in [-0.05, 0) is 24.0 Å². The number of rotatable bonds is 2. The zero-order chi connectivity index (χ0) is 14.3. The summed E-state index contributed by atoms with van der Waals surface area (Å²) in [7, 11) is 3.58. The fourth-order valence-corrected chi connectivity index (χ4v) is 2.92. The molecule has 0 bridgehead atoms. The van der Waals surface area contributed by atoms with Crippen molar-refractivity contribution >= 4 is 11.6 Å². The normalized spacial score (nSPS) is 17.0. The molecule has 1 aliphatic rings. The summed E-state index contributed by atoms with van der Waals surface area (Å²) in [5.74, 6) is -0.121. The fourth-order valence-electron chi connectivity index (χ4n) is 2.92. The van der Waals surface area contributed by atoms with Gasteiger partial charge >= 0.3 is 0 Å². The molecular weight excluding hydrogens is 252 g/mol. The highest BCUT2D eigenvalue weighted by Gasteiger charge is 2.30. The first-order chi connectivity index (χ1) is 9.58. The Morgan fingerprint density at radius 3 is 2.90 bits per heavy atom. The Morgan fingerprint density at radius 1 is 1.45 bits per heavy atom. The molecular formula is C15H18N4O. The van der Waals surface area contributed by atoms with E-state index >= 15 is 0 Å². The molecule has 1 aliphatic carbocycles. The molecule has 1 heterocycles. The molecule has 3 rings (SSSR count). The first-order valence-electron chi connectivity index (χ1n) is 6.72. The third-order valence-electron chi connectivity index (χ3n) is 3.95. The number of nitrogens with two attached hydrogens (primary N) is 1. The van der Waals surface area contributed by atoms with Gasteiger partial charge in [-0.1, -0.05) is 24.3 Å². The highest BCUT2D eigenvalue weighted by molar-refractivity contribution is 5.97. The van der Waals surface area contributed by atoms with Gasteiger partial charge in [0, 0.05) is 20.3 Å². The Kier molecular flexibility index (Phi) is 2.97. The van der Waals surface area contributed by atoms with E-state index in [9.17, 15) is 4.79 Å². The molecule has 5 heteroatoms. The Labute approximate surface area is 118 Å². The molecule has 0 fully saturated rings. The number of aryl methyl sites for hydroxylation is 2. The van der Waals surface area contributed by atoms with E-state index in [4.69, 9.17) is 5.73 Å². The van der Waals surface area contributed by atoms with E-state index in [1.807, 2.05) is 19.2 Å². The maximum absolute atomic E-state index is 12.5. The van der Waals surface area contributed by atoms with Crippen molar-refractivity contribution < 1.29 is 4.79 Å². The minimum atomic E-state index is -0.121. The van der Waals surface area contributed by atoms with Crippen molar-refractivity contribution in [1.29, 1.82) is 0 Å². The largest absolute Gasteiger partial charge is 0.396 e. The molecule has 5 nitrogen and oxygen atoms in total. The Hall–Kier alpha value is -2.30. The van der Waals surface area contributed by atoms with Crippen LogP contribution in [-0.4, -0.2) is 27.6 Å². The quantitative estimate of drug-likeness (QED) is 0.904. The monoisotopic (exact) mass is 270 g/mol. The number of carbonyl (C=O) groups is 1. The summed E-state index contributed by atoms with van der Waals surface area (Å²) < 4.78 is 1.57. The topological polar surface area (TPSA) is 64.2 Å². The standard InChI is InChI=1S/C15H18N4O/c1-18-9-12(16)14(17-18)15(20)19(2)13-8-7-10-5-3-4-6-11(10)13/h3-6,9,13H,7-8,16H2,1-2H3. The SMILES string of the molecule is CN(C(=O)c1nn(C)cc1N)C1CCc2ccccc21. The molecule has 1 amide bonds. The van der Waals surface area contributed by atoms with Gasteiger partial charge in [0.2, 0.25) is 0 Å². The van der Waals surface area contributed by atoms with Gasteiger partial charge in [0.1, 0.15) is 0 Å². The number of hydrogen-bond donors (Lipinski definition) is 1. The van der Waals surface area contributed by atoms with E-state index in [1.54, 1.807) is 22.8 Å². The molecule has 0 saturated heterocycles. The second-order valence-electron chi connectivity index (χ2n) is 5.28. The number of amides is 1. The van der Waals surface area contributed by atoms with Crippen LogP contribution in [-0.2, 0) is 13.5 Å². The average Bonchev–Trinajstić information content (AvgIpc) is 3.00. The van der Waals surface area contributed by atoms with Crippen LogP contribution in [0, 0.1) is 0 Å². The van der Waals surface area contributed by atoms with Crippen LogP contribution in [0.3, 0.4) is 0 Å². The maximum atomic E-state index is 12.5. The Balaban J connectivity index is 1.89. The number of hydrogen-bond acceptors (Lipinski definition) is 3. The second-order valence-corrected chi connectivity index (χ2v) is 5.28. The van der Waals surface area contributed by atoms with Gasteiger partial charge in [-0.2, -0.15) is 5.10 Å². The van der Waals surface area contributed by atoms with Crippen LogP contribution in [0.4, 0.5) is 5.69 Å². The van der Waals surface area contributed by atoms with E-state index in [-0.39, 0.29) is 11.9 Å². The summed E-state index contributed by atoms with van der Waals surface area (Å²) in [6, 6.07) is 8.39. The average molecular weight is 270 g/mol. The van der Waals surface area contributed by atoms with Crippen molar-refractivity contribution in [2.75, 3.05) is 12.8 Å². The maximum Gasteiger partial charge on any atom is 0.276 e. The predicted octanol–water partition coefficient (Wildman–Crippen LogP) is 1.76. The second kappa shape index (κ2) is 4.67. The van der Waals surface area contributed by atoms with Gasteiger partial charge in [-0.25, -0.2) is 0 Å². The lowest BCUT2D eigenvalue weighted by Gasteiger charge is -2.24. The predicted molar refractivity (Wildman–Crippen MR) is 77.2 cm³/mol. The first kappa shape index (κ1) is 12.7. The van der Waals surface area contributed by atoms with E-state index in [0.717, 1.165) is 12.8 Å². The van der Waals surface area contributed by atoms with Crippen LogP contribution in [0.2, 0.25) is 0 Å². The van der Waals surface area contributed by atoms with Crippen molar-refractivity contribution in [2.24, 2.45) is 7.05 Å². The summed E-state index contributed by atoms with van der Waals surface area (Å²) >= 11 is 0. The number of benzene rings is 1. The number of nitrogens with zero attached hydrogens (tertiary/aromatic N) is 3. The highest BCUT2D eigenvalue weighted by atomic mass is 16.2. The van der Waals surface area contributed by atoms with E-state index in [2.05, 4.69) is 17.2 Å². The number of carbonyl (C=O) groups excluding carboxylic acids is 1. The van der Waals surface area contributed by atoms with Gasteiger partial charge < -0.3 is 10.6 Å². The molecule has 1 aromatic heterocycles. The summed E-state index contributed by atoms with van der Waals surface area (Å²) in [6.45, 7) is 0. The van der Waals surface area contributed by atoms with E-state index in [0.29, 0.717) is 11.4 Å². The van der Waals surface area contributed by atoms with Crippen LogP contribution in [0.5, 0.6) is 0 Å². The van der Waals surface area contributed by atoms with Crippen molar-refractivity contribution in [3.8, 4) is 0 Å². The van der Waals surface area contributed by atoms with Crippen molar-refractivity contribution in [1.82, 2.24) is 14.7 Å². The molecule has 20 heavy (non-hydrogen) atoms. The zero-order valence-electron chi connectivity index (χ0n) is 11.7. The number of fused-ring (bicyclic) bond motifs is 1. The molecule has 1 aromatic carbocycles. The number of nitrogen functional groups attached to an aromatic ring is 1. The van der Waals surface area contributed by atoms with Crippen molar-refractivity contribution in [3.05, 3.63) is 47.3 Å². The fraction of sp³-hybridized carbons (Fsp3) is 0.333. The highest BCUT2D eigenvalue weighted by Crippen LogP contribution is 2.35. The molecule has 1 unspecified atom stereocenters. The van der Waals surface area contributed by atoms with Crippen LogP contribution >= 0.6 is 0 Å². The lowest BCUT2D eigenvalue weighted by atomic mass is 10.1. The van der Waals surface area contributed by atoms with Crippen LogP contribution in [0.25, 0.3) is 0 Å². The van der Waals surface area contributed by atoms with Gasteiger partial charge in [0.05, 0.1) is 11.7 Å². The van der Waals surface area contributed by atoms with Crippen LogP contribution in [0.1, 0.15) is 34.1 Å². The lowest BCUT2D eigenvalue weighted by molar-refractivity contribution is 0.0725. The van der Waals surface area contributed by atoms with Crippen LogP contribution in [0.15, 0.2) is 30.5 Å². The smallest absolute Gasteiger partial charge is 0.276 e. The van der Waals surface area contributed by atoms with Crippen LogP contribution < -0.4 is 5.73 Å². The zero-order valence-corrected chi connectivity index (χ0v) is 11.7. The van der Waals surface area contributed by atoms with Gasteiger partial charge in [0.15, 0.2) is 5.69 Å². The molecule has 2 N–H and O–H groups in total. The number of anilines is 1. The molecule has 2 aromatic rings.